The maximum atomic E-state index is 13.1. The molecule has 0 bridgehead atoms. The molecule has 0 unspecified atom stereocenters. The first-order chi connectivity index (χ1) is 10.1. The number of hydrogen-bond donors (Lipinski definition) is 2. The second-order valence-corrected chi connectivity index (χ2v) is 4.43. The van der Waals surface area contributed by atoms with E-state index < -0.39 is 11.7 Å². The summed E-state index contributed by atoms with van der Waals surface area (Å²) < 4.78 is 13.1. The van der Waals surface area contributed by atoms with Crippen LogP contribution >= 0.6 is 11.6 Å². The van der Waals surface area contributed by atoms with Gasteiger partial charge in [-0.15, -0.1) is 0 Å². The summed E-state index contributed by atoms with van der Waals surface area (Å²) in [5, 5.41) is 11.8. The van der Waals surface area contributed by atoms with Crippen molar-refractivity contribution in [2.24, 2.45) is 0 Å². The van der Waals surface area contributed by atoms with Gasteiger partial charge in [0.15, 0.2) is 0 Å². The van der Waals surface area contributed by atoms with Crippen LogP contribution in [0.15, 0.2) is 36.7 Å². The minimum Gasteiger partial charge on any atom is -0.384 e. The third-order valence-corrected chi connectivity index (χ3v) is 2.73. The van der Waals surface area contributed by atoms with Crippen molar-refractivity contribution in [3.05, 3.63) is 58.6 Å². The lowest BCUT2D eigenvalue weighted by molar-refractivity contribution is 0.102. The molecule has 2 aromatic rings. The highest BCUT2D eigenvalue weighted by Gasteiger charge is 2.10. The number of nitrogens with one attached hydrogen (secondary N) is 1. The van der Waals surface area contributed by atoms with Crippen molar-refractivity contribution in [1.29, 1.82) is 0 Å². The third-order valence-electron chi connectivity index (χ3n) is 2.50. The Hall–Kier alpha value is -2.42. The van der Waals surface area contributed by atoms with Crippen LogP contribution in [0, 0.1) is 17.7 Å². The molecular formula is C15H10ClFN2O2. The largest absolute Gasteiger partial charge is 0.384 e. The van der Waals surface area contributed by atoms with Gasteiger partial charge >= 0.3 is 0 Å². The second-order valence-electron chi connectivity index (χ2n) is 4.00. The first kappa shape index (κ1) is 15.0. The molecule has 2 N–H and O–H groups in total. The topological polar surface area (TPSA) is 62.2 Å². The molecule has 0 saturated heterocycles. The molecule has 106 valence electrons. The summed E-state index contributed by atoms with van der Waals surface area (Å²) in [7, 11) is 0. The molecule has 0 spiro atoms. The Balaban J connectivity index is 2.29. The van der Waals surface area contributed by atoms with Gasteiger partial charge in [0.2, 0.25) is 0 Å². The van der Waals surface area contributed by atoms with E-state index in [0.29, 0.717) is 16.3 Å². The number of aliphatic hydroxyl groups excluding tert-OH is 1. The molecule has 0 radical (unpaired) electrons. The van der Waals surface area contributed by atoms with Gasteiger partial charge in [0, 0.05) is 16.8 Å². The number of rotatable bonds is 2. The van der Waals surface area contributed by atoms with E-state index >= 15 is 0 Å². The molecule has 1 aromatic carbocycles. The fourth-order valence-corrected chi connectivity index (χ4v) is 1.77. The quantitative estimate of drug-likeness (QED) is 0.838. The number of hydrogen-bond acceptors (Lipinski definition) is 3. The van der Waals surface area contributed by atoms with Gasteiger partial charge in [-0.05, 0) is 24.3 Å². The van der Waals surface area contributed by atoms with E-state index in [4.69, 9.17) is 16.7 Å². The standard InChI is InChI=1S/C15H10ClFN2O2/c16-12-3-4-14(10(6-12)2-1-5-20)19-15(21)11-7-13(17)9-18-8-11/h3-4,6-9,20H,5H2,(H,19,21). The van der Waals surface area contributed by atoms with Crippen molar-refractivity contribution in [1.82, 2.24) is 4.98 Å². The number of aromatic nitrogens is 1. The summed E-state index contributed by atoms with van der Waals surface area (Å²) in [5.41, 5.74) is 0.954. The maximum Gasteiger partial charge on any atom is 0.257 e. The van der Waals surface area contributed by atoms with E-state index in [2.05, 4.69) is 22.1 Å². The number of carbonyl (C=O) groups excluding carboxylic acids is 1. The second kappa shape index (κ2) is 6.84. The number of aliphatic hydroxyl groups is 1. The van der Waals surface area contributed by atoms with Crippen LogP contribution in [0.25, 0.3) is 0 Å². The maximum absolute atomic E-state index is 13.1. The molecular weight excluding hydrogens is 295 g/mol. The van der Waals surface area contributed by atoms with Crippen LogP contribution in [0.5, 0.6) is 0 Å². The number of pyridine rings is 1. The summed E-state index contributed by atoms with van der Waals surface area (Å²) in [6.07, 6.45) is 2.27. The normalized spacial score (nSPS) is 9.67. The van der Waals surface area contributed by atoms with Crippen LogP contribution in [0.2, 0.25) is 5.02 Å². The SMILES string of the molecule is O=C(Nc1ccc(Cl)cc1C#CCO)c1cncc(F)c1. The number of halogens is 2. The van der Waals surface area contributed by atoms with Gasteiger partial charge in [-0.3, -0.25) is 9.78 Å². The number of nitrogens with zero attached hydrogens (tertiary/aromatic N) is 1. The minimum absolute atomic E-state index is 0.0889. The van der Waals surface area contributed by atoms with Gasteiger partial charge in [-0.25, -0.2) is 4.39 Å². The lowest BCUT2D eigenvalue weighted by atomic mass is 10.1. The lowest BCUT2D eigenvalue weighted by Crippen LogP contribution is -2.13. The van der Waals surface area contributed by atoms with Gasteiger partial charge in [-0.2, -0.15) is 0 Å². The Bertz CT molecular complexity index is 738. The van der Waals surface area contributed by atoms with Crippen molar-refractivity contribution in [2.75, 3.05) is 11.9 Å². The Morgan fingerprint density at radius 2 is 2.19 bits per heavy atom. The third kappa shape index (κ3) is 4.02. The van der Waals surface area contributed by atoms with Crippen molar-refractivity contribution < 1.29 is 14.3 Å². The highest BCUT2D eigenvalue weighted by atomic mass is 35.5. The minimum atomic E-state index is -0.598. The Morgan fingerprint density at radius 1 is 1.38 bits per heavy atom. The van der Waals surface area contributed by atoms with Crippen LogP contribution in [0.4, 0.5) is 10.1 Å². The van der Waals surface area contributed by atoms with Gasteiger partial charge in [0.25, 0.3) is 5.91 Å². The monoisotopic (exact) mass is 304 g/mol. The first-order valence-electron chi connectivity index (χ1n) is 5.91. The number of amides is 1. The van der Waals surface area contributed by atoms with E-state index in [-0.39, 0.29) is 12.2 Å². The smallest absolute Gasteiger partial charge is 0.257 e. The molecule has 0 aliphatic rings. The van der Waals surface area contributed by atoms with Crippen LogP contribution in [0.3, 0.4) is 0 Å². The van der Waals surface area contributed by atoms with Gasteiger partial charge < -0.3 is 10.4 Å². The van der Waals surface area contributed by atoms with Crippen LogP contribution < -0.4 is 5.32 Å². The fourth-order valence-electron chi connectivity index (χ4n) is 1.59. The molecule has 2 rings (SSSR count). The summed E-state index contributed by atoms with van der Waals surface area (Å²) in [6.45, 7) is -0.312. The molecule has 6 heteroatoms. The molecule has 0 fully saturated rings. The Kier molecular flexibility index (Phi) is 4.88. The van der Waals surface area contributed by atoms with E-state index in [9.17, 15) is 9.18 Å². The lowest BCUT2D eigenvalue weighted by Gasteiger charge is -2.08. The molecule has 1 aromatic heterocycles. The van der Waals surface area contributed by atoms with Gasteiger partial charge in [0.05, 0.1) is 17.4 Å². The number of anilines is 1. The van der Waals surface area contributed by atoms with Gasteiger partial charge in [0.1, 0.15) is 12.4 Å². The van der Waals surface area contributed by atoms with E-state index in [0.717, 1.165) is 12.3 Å². The summed E-state index contributed by atoms with van der Waals surface area (Å²) in [5.74, 6) is 4.05. The van der Waals surface area contributed by atoms with Crippen LogP contribution in [-0.2, 0) is 0 Å². The summed E-state index contributed by atoms with van der Waals surface area (Å²) in [6, 6.07) is 5.81. The highest BCUT2D eigenvalue weighted by Crippen LogP contribution is 2.20. The van der Waals surface area contributed by atoms with Crippen molar-refractivity contribution in [3.8, 4) is 11.8 Å². The molecule has 0 aliphatic carbocycles. The van der Waals surface area contributed by atoms with Crippen LogP contribution in [-0.4, -0.2) is 22.6 Å². The molecule has 4 nitrogen and oxygen atoms in total. The summed E-state index contributed by atoms with van der Waals surface area (Å²) >= 11 is 5.87. The average Bonchev–Trinajstić information content (AvgIpc) is 2.47. The van der Waals surface area contributed by atoms with Crippen LogP contribution in [0.1, 0.15) is 15.9 Å². The Morgan fingerprint density at radius 3 is 2.90 bits per heavy atom. The number of carbonyl (C=O) groups is 1. The van der Waals surface area contributed by atoms with E-state index in [1.807, 2.05) is 0 Å². The zero-order valence-electron chi connectivity index (χ0n) is 10.7. The molecule has 0 aliphatic heterocycles. The molecule has 0 atom stereocenters. The fraction of sp³-hybridized carbons (Fsp3) is 0.0667. The van der Waals surface area contributed by atoms with E-state index in [1.54, 1.807) is 18.2 Å². The Labute approximate surface area is 125 Å². The summed E-state index contributed by atoms with van der Waals surface area (Å²) in [4.78, 5) is 15.6. The van der Waals surface area contributed by atoms with Gasteiger partial charge in [-0.1, -0.05) is 23.4 Å². The predicted octanol–water partition coefficient (Wildman–Crippen LogP) is 2.47. The average molecular weight is 305 g/mol. The zero-order chi connectivity index (χ0) is 15.2. The molecule has 1 amide bonds. The number of benzene rings is 1. The molecule has 0 saturated carbocycles. The highest BCUT2D eigenvalue weighted by molar-refractivity contribution is 6.30. The van der Waals surface area contributed by atoms with E-state index in [1.165, 1.54) is 6.20 Å². The molecule has 21 heavy (non-hydrogen) atoms. The van der Waals surface area contributed by atoms with Crippen molar-refractivity contribution in [3.63, 3.8) is 0 Å². The first-order valence-corrected chi connectivity index (χ1v) is 6.29. The van der Waals surface area contributed by atoms with Crippen molar-refractivity contribution in [2.45, 2.75) is 0 Å². The van der Waals surface area contributed by atoms with Crippen molar-refractivity contribution >= 4 is 23.2 Å². The zero-order valence-corrected chi connectivity index (χ0v) is 11.5. The molecule has 1 heterocycles. The predicted molar refractivity (Wildman–Crippen MR) is 77.6 cm³/mol.